The largest absolute Gasteiger partial charge is 0.481 e. The van der Waals surface area contributed by atoms with E-state index >= 15 is 0 Å². The highest BCUT2D eigenvalue weighted by molar-refractivity contribution is 5.81. The molecule has 1 N–H and O–H groups in total. The molecule has 0 saturated carbocycles. The number of ether oxygens (including phenoxy) is 1. The van der Waals surface area contributed by atoms with Crippen molar-refractivity contribution in [2.45, 2.75) is 46.3 Å². The van der Waals surface area contributed by atoms with Gasteiger partial charge in [0.05, 0.1) is 5.54 Å². The SMILES string of the molecule is C#CC(C)(C)NC(=O)C(C)Oc1cc(C)cc(C)c1. The quantitative estimate of drug-likeness (QED) is 0.844. The molecule has 0 fully saturated rings. The molecule has 0 saturated heterocycles. The number of terminal acetylenes is 1. The Hall–Kier alpha value is -1.95. The lowest BCUT2D eigenvalue weighted by Crippen LogP contribution is -2.47. The standard InChI is InChI=1S/C16H21NO2/c1-7-16(5,6)17-15(18)13(4)19-14-9-11(2)8-12(3)10-14/h1,8-10,13H,2-6H3,(H,17,18). The molecule has 0 aromatic heterocycles. The average Bonchev–Trinajstić information content (AvgIpc) is 2.26. The maximum Gasteiger partial charge on any atom is 0.261 e. The van der Waals surface area contributed by atoms with Crippen LogP contribution in [-0.4, -0.2) is 17.6 Å². The number of carbonyl (C=O) groups is 1. The molecule has 0 bridgehead atoms. The first-order valence-electron chi connectivity index (χ1n) is 6.28. The van der Waals surface area contributed by atoms with Crippen LogP contribution in [0.4, 0.5) is 0 Å². The Morgan fingerprint density at radius 3 is 2.32 bits per heavy atom. The minimum atomic E-state index is -0.669. The highest BCUT2D eigenvalue weighted by Crippen LogP contribution is 2.17. The summed E-state index contributed by atoms with van der Waals surface area (Å²) in [5.41, 5.74) is 1.54. The van der Waals surface area contributed by atoms with Crippen molar-refractivity contribution in [3.05, 3.63) is 29.3 Å². The van der Waals surface area contributed by atoms with Crippen LogP contribution in [0.5, 0.6) is 5.75 Å². The van der Waals surface area contributed by atoms with E-state index in [0.29, 0.717) is 5.75 Å². The third-order valence-electron chi connectivity index (χ3n) is 2.67. The third-order valence-corrected chi connectivity index (χ3v) is 2.67. The van der Waals surface area contributed by atoms with Crippen LogP contribution in [0.3, 0.4) is 0 Å². The summed E-state index contributed by atoms with van der Waals surface area (Å²) in [6, 6.07) is 5.87. The normalized spacial score (nSPS) is 12.4. The van der Waals surface area contributed by atoms with E-state index in [1.54, 1.807) is 20.8 Å². The fraction of sp³-hybridized carbons (Fsp3) is 0.438. The molecule has 0 spiro atoms. The van der Waals surface area contributed by atoms with Crippen LogP contribution in [0.1, 0.15) is 31.9 Å². The smallest absolute Gasteiger partial charge is 0.261 e. The highest BCUT2D eigenvalue weighted by Gasteiger charge is 2.22. The summed E-state index contributed by atoms with van der Waals surface area (Å²) >= 11 is 0. The lowest BCUT2D eigenvalue weighted by atomic mass is 10.1. The van der Waals surface area contributed by atoms with E-state index in [-0.39, 0.29) is 5.91 Å². The summed E-state index contributed by atoms with van der Waals surface area (Å²) in [5.74, 6) is 2.99. The third kappa shape index (κ3) is 4.67. The van der Waals surface area contributed by atoms with E-state index in [9.17, 15) is 4.79 Å². The Balaban J connectivity index is 2.72. The fourth-order valence-electron chi connectivity index (χ4n) is 1.70. The number of aryl methyl sites for hydroxylation is 2. The molecule has 19 heavy (non-hydrogen) atoms. The minimum absolute atomic E-state index is 0.220. The first-order chi connectivity index (χ1) is 8.73. The van der Waals surface area contributed by atoms with E-state index in [1.807, 2.05) is 26.0 Å². The Labute approximate surface area is 115 Å². The predicted octanol–water partition coefficient (Wildman–Crippen LogP) is 2.60. The van der Waals surface area contributed by atoms with Gasteiger partial charge < -0.3 is 10.1 Å². The fourth-order valence-corrected chi connectivity index (χ4v) is 1.70. The van der Waals surface area contributed by atoms with Crippen LogP contribution < -0.4 is 10.1 Å². The number of hydrogen-bond donors (Lipinski definition) is 1. The zero-order valence-corrected chi connectivity index (χ0v) is 12.2. The monoisotopic (exact) mass is 259 g/mol. The number of nitrogens with one attached hydrogen (secondary N) is 1. The maximum atomic E-state index is 12.0. The van der Waals surface area contributed by atoms with Crippen molar-refractivity contribution >= 4 is 5.91 Å². The maximum absolute atomic E-state index is 12.0. The Kier molecular flexibility index (Phi) is 4.61. The molecule has 1 unspecified atom stereocenters. The van der Waals surface area contributed by atoms with Gasteiger partial charge in [-0.05, 0) is 57.9 Å². The number of carbonyl (C=O) groups excluding carboxylic acids is 1. The van der Waals surface area contributed by atoms with Crippen LogP contribution in [0.2, 0.25) is 0 Å². The molecule has 0 aliphatic heterocycles. The van der Waals surface area contributed by atoms with Crippen molar-refractivity contribution < 1.29 is 9.53 Å². The van der Waals surface area contributed by atoms with Gasteiger partial charge in [0, 0.05) is 0 Å². The van der Waals surface area contributed by atoms with Crippen LogP contribution >= 0.6 is 0 Å². The van der Waals surface area contributed by atoms with Crippen LogP contribution in [-0.2, 0) is 4.79 Å². The molecule has 102 valence electrons. The van der Waals surface area contributed by atoms with Crippen molar-refractivity contribution in [1.82, 2.24) is 5.32 Å². The van der Waals surface area contributed by atoms with E-state index in [4.69, 9.17) is 11.2 Å². The second-order valence-corrected chi connectivity index (χ2v) is 5.34. The molecule has 1 aromatic rings. The minimum Gasteiger partial charge on any atom is -0.481 e. The summed E-state index contributed by atoms with van der Waals surface area (Å²) in [7, 11) is 0. The predicted molar refractivity (Wildman–Crippen MR) is 77.1 cm³/mol. The molecule has 0 aliphatic rings. The van der Waals surface area contributed by atoms with E-state index in [1.165, 1.54) is 0 Å². The summed E-state index contributed by atoms with van der Waals surface area (Å²) in [6.45, 7) is 9.24. The summed E-state index contributed by atoms with van der Waals surface area (Å²) in [4.78, 5) is 12.0. The van der Waals surface area contributed by atoms with Gasteiger partial charge in [-0.15, -0.1) is 6.42 Å². The van der Waals surface area contributed by atoms with Crippen LogP contribution in [0, 0.1) is 26.2 Å². The summed E-state index contributed by atoms with van der Waals surface area (Å²) < 4.78 is 5.65. The van der Waals surface area contributed by atoms with E-state index < -0.39 is 11.6 Å². The average molecular weight is 259 g/mol. The zero-order valence-electron chi connectivity index (χ0n) is 12.2. The molecule has 1 atom stereocenters. The van der Waals surface area contributed by atoms with Crippen molar-refractivity contribution in [2.75, 3.05) is 0 Å². The first-order valence-corrected chi connectivity index (χ1v) is 6.28. The first kappa shape index (κ1) is 15.1. The molecule has 1 rings (SSSR count). The van der Waals surface area contributed by atoms with Crippen molar-refractivity contribution in [3.8, 4) is 18.1 Å². The Morgan fingerprint density at radius 2 is 1.84 bits per heavy atom. The van der Waals surface area contributed by atoms with Crippen LogP contribution in [0.25, 0.3) is 0 Å². The van der Waals surface area contributed by atoms with Gasteiger partial charge in [0.2, 0.25) is 0 Å². The van der Waals surface area contributed by atoms with Crippen molar-refractivity contribution in [1.29, 1.82) is 0 Å². The van der Waals surface area contributed by atoms with Gasteiger partial charge in [0.25, 0.3) is 5.91 Å². The van der Waals surface area contributed by atoms with Gasteiger partial charge in [-0.2, -0.15) is 0 Å². The van der Waals surface area contributed by atoms with Crippen LogP contribution in [0.15, 0.2) is 18.2 Å². The molecular formula is C16H21NO2. The second-order valence-electron chi connectivity index (χ2n) is 5.34. The van der Waals surface area contributed by atoms with E-state index in [0.717, 1.165) is 11.1 Å². The molecule has 0 radical (unpaired) electrons. The van der Waals surface area contributed by atoms with Gasteiger partial charge >= 0.3 is 0 Å². The molecule has 3 heteroatoms. The summed E-state index contributed by atoms with van der Waals surface area (Å²) in [5, 5.41) is 2.76. The lowest BCUT2D eigenvalue weighted by molar-refractivity contribution is -0.128. The molecule has 0 heterocycles. The Bertz CT molecular complexity index is 492. The second kappa shape index (κ2) is 5.79. The van der Waals surface area contributed by atoms with E-state index in [2.05, 4.69) is 17.3 Å². The molecule has 1 aromatic carbocycles. The number of hydrogen-bond acceptors (Lipinski definition) is 2. The van der Waals surface area contributed by atoms with Gasteiger partial charge in [-0.25, -0.2) is 0 Å². The van der Waals surface area contributed by atoms with Gasteiger partial charge in [-0.3, -0.25) is 4.79 Å². The van der Waals surface area contributed by atoms with Gasteiger partial charge in [-0.1, -0.05) is 12.0 Å². The van der Waals surface area contributed by atoms with Gasteiger partial charge in [0.15, 0.2) is 6.10 Å². The lowest BCUT2D eigenvalue weighted by Gasteiger charge is -2.23. The Morgan fingerprint density at radius 1 is 1.32 bits per heavy atom. The number of benzene rings is 1. The van der Waals surface area contributed by atoms with Gasteiger partial charge in [0.1, 0.15) is 5.75 Å². The number of amides is 1. The molecule has 1 amide bonds. The van der Waals surface area contributed by atoms with Crippen molar-refractivity contribution in [3.63, 3.8) is 0 Å². The van der Waals surface area contributed by atoms with Crippen molar-refractivity contribution in [2.24, 2.45) is 0 Å². The molecule has 0 aliphatic carbocycles. The summed E-state index contributed by atoms with van der Waals surface area (Å²) in [6.07, 6.45) is 4.75. The highest BCUT2D eigenvalue weighted by atomic mass is 16.5. The number of rotatable bonds is 4. The molecular weight excluding hydrogens is 238 g/mol. The molecule has 3 nitrogen and oxygen atoms in total. The topological polar surface area (TPSA) is 38.3 Å². The zero-order chi connectivity index (χ0) is 14.6.